The fraction of sp³-hybridized carbons (Fsp3) is 0.909. The number of aliphatic carboxylic acids is 1. The van der Waals surface area contributed by atoms with Crippen LogP contribution >= 0.6 is 0 Å². The van der Waals surface area contributed by atoms with Crippen molar-refractivity contribution in [2.45, 2.75) is 44.3 Å². The lowest BCUT2D eigenvalue weighted by Crippen LogP contribution is -2.45. The van der Waals surface area contributed by atoms with Gasteiger partial charge in [-0.1, -0.05) is 6.42 Å². The van der Waals surface area contributed by atoms with Gasteiger partial charge in [0, 0.05) is 19.6 Å². The highest BCUT2D eigenvalue weighted by Crippen LogP contribution is 2.20. The minimum absolute atomic E-state index is 0.141. The molecular weight excluding hydrogens is 272 g/mol. The summed E-state index contributed by atoms with van der Waals surface area (Å²) in [7, 11) is -3.45. The molecule has 7 nitrogen and oxygen atoms in total. The second kappa shape index (κ2) is 6.17. The molecule has 2 rings (SSSR count). The van der Waals surface area contributed by atoms with E-state index in [2.05, 4.69) is 4.72 Å². The molecule has 2 N–H and O–H groups in total. The Morgan fingerprint density at radius 1 is 1.26 bits per heavy atom. The first-order valence-corrected chi connectivity index (χ1v) is 8.06. The lowest BCUT2D eigenvalue weighted by Gasteiger charge is -2.26. The van der Waals surface area contributed by atoms with Gasteiger partial charge in [0.15, 0.2) is 6.10 Å². The van der Waals surface area contributed by atoms with Crippen LogP contribution in [0.4, 0.5) is 0 Å². The monoisotopic (exact) mass is 292 g/mol. The van der Waals surface area contributed by atoms with Crippen LogP contribution in [0.3, 0.4) is 0 Å². The van der Waals surface area contributed by atoms with Crippen molar-refractivity contribution in [3.8, 4) is 0 Å². The third kappa shape index (κ3) is 3.88. The Kier molecular flexibility index (Phi) is 4.77. The lowest BCUT2D eigenvalue weighted by atomic mass is 10.2. The standard InChI is InChI=1S/C11H20N2O5S/c14-11(15)10-5-4-9(18-10)8-12-19(16,17)13-6-2-1-3-7-13/h9-10,12H,1-8H2,(H,14,15). The number of rotatable bonds is 5. The Balaban J connectivity index is 1.80. The summed E-state index contributed by atoms with van der Waals surface area (Å²) < 4.78 is 33.2. The second-order valence-corrected chi connectivity index (χ2v) is 6.73. The molecular formula is C11H20N2O5S. The minimum atomic E-state index is -3.45. The summed E-state index contributed by atoms with van der Waals surface area (Å²) in [6, 6.07) is 0. The van der Waals surface area contributed by atoms with E-state index in [1.165, 1.54) is 4.31 Å². The minimum Gasteiger partial charge on any atom is -0.479 e. The molecule has 2 atom stereocenters. The zero-order valence-corrected chi connectivity index (χ0v) is 11.6. The molecule has 2 heterocycles. The Morgan fingerprint density at radius 3 is 2.53 bits per heavy atom. The van der Waals surface area contributed by atoms with Gasteiger partial charge < -0.3 is 9.84 Å². The molecule has 2 aliphatic rings. The van der Waals surface area contributed by atoms with Gasteiger partial charge in [-0.15, -0.1) is 0 Å². The highest BCUT2D eigenvalue weighted by molar-refractivity contribution is 7.87. The van der Waals surface area contributed by atoms with Crippen molar-refractivity contribution in [3.05, 3.63) is 0 Å². The molecule has 0 bridgehead atoms. The molecule has 0 radical (unpaired) electrons. The number of nitrogens with one attached hydrogen (secondary N) is 1. The van der Waals surface area contributed by atoms with Gasteiger partial charge in [-0.05, 0) is 25.7 Å². The fourth-order valence-electron chi connectivity index (χ4n) is 2.43. The van der Waals surface area contributed by atoms with Gasteiger partial charge in [-0.2, -0.15) is 17.4 Å². The number of hydrogen-bond acceptors (Lipinski definition) is 4. The predicted octanol–water partition coefficient (Wildman–Crippen LogP) is -0.0611. The number of piperidine rings is 1. The Labute approximate surface area is 113 Å². The maximum absolute atomic E-state index is 12.0. The van der Waals surface area contributed by atoms with Crippen LogP contribution in [-0.4, -0.2) is 55.6 Å². The van der Waals surface area contributed by atoms with Crippen LogP contribution in [0.2, 0.25) is 0 Å². The second-order valence-electron chi connectivity index (χ2n) is 4.98. The van der Waals surface area contributed by atoms with Crippen molar-refractivity contribution in [1.82, 2.24) is 9.03 Å². The van der Waals surface area contributed by atoms with E-state index in [4.69, 9.17) is 9.84 Å². The summed E-state index contributed by atoms with van der Waals surface area (Å²) in [6.07, 6.45) is 2.71. The summed E-state index contributed by atoms with van der Waals surface area (Å²) in [5, 5.41) is 8.79. The largest absolute Gasteiger partial charge is 0.479 e. The normalized spacial score (nSPS) is 29.5. The average Bonchev–Trinajstić information content (AvgIpc) is 2.87. The molecule has 0 spiro atoms. The van der Waals surface area contributed by atoms with E-state index in [1.54, 1.807) is 0 Å². The zero-order valence-electron chi connectivity index (χ0n) is 10.7. The smallest absolute Gasteiger partial charge is 0.332 e. The quantitative estimate of drug-likeness (QED) is 0.740. The van der Waals surface area contributed by atoms with E-state index in [9.17, 15) is 13.2 Å². The first-order valence-electron chi connectivity index (χ1n) is 6.62. The van der Waals surface area contributed by atoms with Gasteiger partial charge in [0.05, 0.1) is 6.10 Å². The first kappa shape index (κ1) is 14.7. The molecule has 2 saturated heterocycles. The number of carboxylic acid groups (broad SMARTS) is 1. The summed E-state index contributed by atoms with van der Waals surface area (Å²) in [5.41, 5.74) is 0. The number of hydrogen-bond donors (Lipinski definition) is 2. The van der Waals surface area contributed by atoms with E-state index in [0.29, 0.717) is 25.9 Å². The molecule has 0 aromatic rings. The molecule has 0 amide bonds. The molecule has 0 saturated carbocycles. The van der Waals surface area contributed by atoms with Gasteiger partial charge in [-0.25, -0.2) is 4.79 Å². The van der Waals surface area contributed by atoms with Crippen LogP contribution in [0, 0.1) is 0 Å². The van der Waals surface area contributed by atoms with Crippen molar-refractivity contribution in [2.24, 2.45) is 0 Å². The Morgan fingerprint density at radius 2 is 1.95 bits per heavy atom. The van der Waals surface area contributed by atoms with Crippen LogP contribution in [-0.2, 0) is 19.7 Å². The van der Waals surface area contributed by atoms with Crippen molar-refractivity contribution in [3.63, 3.8) is 0 Å². The third-order valence-electron chi connectivity index (χ3n) is 3.53. The molecule has 19 heavy (non-hydrogen) atoms. The zero-order chi connectivity index (χ0) is 13.9. The van der Waals surface area contributed by atoms with E-state index in [0.717, 1.165) is 19.3 Å². The van der Waals surface area contributed by atoms with Gasteiger partial charge in [-0.3, -0.25) is 0 Å². The molecule has 0 aromatic heterocycles. The van der Waals surface area contributed by atoms with Gasteiger partial charge in [0.1, 0.15) is 0 Å². The molecule has 0 aliphatic carbocycles. The molecule has 8 heteroatoms. The van der Waals surface area contributed by atoms with Crippen molar-refractivity contribution in [1.29, 1.82) is 0 Å². The predicted molar refractivity (Wildman–Crippen MR) is 67.9 cm³/mol. The first-order chi connectivity index (χ1) is 8.99. The van der Waals surface area contributed by atoms with E-state index in [1.807, 2.05) is 0 Å². The van der Waals surface area contributed by atoms with Crippen molar-refractivity contribution in [2.75, 3.05) is 19.6 Å². The Hall–Kier alpha value is -0.700. The molecule has 110 valence electrons. The number of carbonyl (C=O) groups is 1. The van der Waals surface area contributed by atoms with E-state index in [-0.39, 0.29) is 12.6 Å². The fourth-order valence-corrected chi connectivity index (χ4v) is 3.75. The number of ether oxygens (including phenoxy) is 1. The van der Waals surface area contributed by atoms with Gasteiger partial charge >= 0.3 is 5.97 Å². The lowest BCUT2D eigenvalue weighted by molar-refractivity contribution is -0.149. The van der Waals surface area contributed by atoms with Crippen molar-refractivity contribution < 1.29 is 23.1 Å². The molecule has 0 aromatic carbocycles. The summed E-state index contributed by atoms with van der Waals surface area (Å²) >= 11 is 0. The van der Waals surface area contributed by atoms with Crippen LogP contribution < -0.4 is 4.72 Å². The molecule has 2 unspecified atom stereocenters. The van der Waals surface area contributed by atoms with Crippen molar-refractivity contribution >= 4 is 16.2 Å². The Bertz CT molecular complexity index is 419. The summed E-state index contributed by atoms with van der Waals surface area (Å²) in [4.78, 5) is 10.7. The van der Waals surface area contributed by atoms with E-state index < -0.39 is 22.3 Å². The number of carboxylic acids is 1. The van der Waals surface area contributed by atoms with Crippen LogP contribution in [0.5, 0.6) is 0 Å². The topological polar surface area (TPSA) is 95.9 Å². The maximum atomic E-state index is 12.0. The van der Waals surface area contributed by atoms with Crippen LogP contribution in [0.1, 0.15) is 32.1 Å². The molecule has 2 fully saturated rings. The summed E-state index contributed by atoms with van der Waals surface area (Å²) in [6.45, 7) is 1.25. The number of nitrogens with zero attached hydrogens (tertiary/aromatic N) is 1. The van der Waals surface area contributed by atoms with E-state index >= 15 is 0 Å². The highest BCUT2D eigenvalue weighted by Gasteiger charge is 2.32. The third-order valence-corrected chi connectivity index (χ3v) is 5.11. The molecule has 2 aliphatic heterocycles. The maximum Gasteiger partial charge on any atom is 0.332 e. The van der Waals surface area contributed by atoms with Crippen LogP contribution in [0.15, 0.2) is 0 Å². The summed E-state index contributed by atoms with van der Waals surface area (Å²) in [5.74, 6) is -0.985. The highest BCUT2D eigenvalue weighted by atomic mass is 32.2. The van der Waals surface area contributed by atoms with Crippen LogP contribution in [0.25, 0.3) is 0 Å². The van der Waals surface area contributed by atoms with Gasteiger partial charge in [0.25, 0.3) is 10.2 Å². The SMILES string of the molecule is O=C(O)C1CCC(CNS(=O)(=O)N2CCCCC2)O1. The average molecular weight is 292 g/mol. The van der Waals surface area contributed by atoms with Gasteiger partial charge in [0.2, 0.25) is 0 Å².